The number of sulfonamides is 1. The number of hydrogen-bond acceptors (Lipinski definition) is 3. The van der Waals surface area contributed by atoms with Crippen LogP contribution in [0.15, 0.2) is 0 Å². The molecule has 2 N–H and O–H groups in total. The largest absolute Gasteiger partial charge is 0.481 e. The molecule has 0 aromatic carbocycles. The van der Waals surface area contributed by atoms with Crippen molar-refractivity contribution in [3.8, 4) is 0 Å². The van der Waals surface area contributed by atoms with E-state index in [4.69, 9.17) is 5.11 Å². The van der Waals surface area contributed by atoms with E-state index >= 15 is 0 Å². The van der Waals surface area contributed by atoms with Gasteiger partial charge in [-0.3, -0.25) is 4.79 Å². The summed E-state index contributed by atoms with van der Waals surface area (Å²) >= 11 is 0. The van der Waals surface area contributed by atoms with Crippen LogP contribution in [-0.2, 0) is 14.8 Å². The van der Waals surface area contributed by atoms with Crippen LogP contribution in [0.5, 0.6) is 0 Å². The first-order valence-corrected chi connectivity index (χ1v) is 6.76. The fraction of sp³-hybridized carbons (Fsp3) is 0.889. The van der Waals surface area contributed by atoms with Crippen molar-refractivity contribution in [3.05, 3.63) is 0 Å². The summed E-state index contributed by atoms with van der Waals surface area (Å²) in [5.74, 6) is -0.677. The first kappa shape index (κ1) is 14.4. The Morgan fingerprint density at radius 1 is 1.40 bits per heavy atom. The molecule has 0 spiro atoms. The second kappa shape index (κ2) is 6.07. The van der Waals surface area contributed by atoms with Crippen molar-refractivity contribution in [3.63, 3.8) is 0 Å². The third-order valence-corrected chi connectivity index (χ3v) is 2.59. The van der Waals surface area contributed by atoms with Crippen molar-refractivity contribution in [1.82, 2.24) is 4.72 Å². The molecule has 15 heavy (non-hydrogen) atoms. The van der Waals surface area contributed by atoms with E-state index < -0.39 is 16.0 Å². The zero-order valence-electron chi connectivity index (χ0n) is 9.36. The zero-order chi connectivity index (χ0) is 12.1. The van der Waals surface area contributed by atoms with Crippen LogP contribution in [0.2, 0.25) is 0 Å². The molecule has 1 unspecified atom stereocenters. The van der Waals surface area contributed by atoms with Gasteiger partial charge in [-0.25, -0.2) is 13.1 Å². The van der Waals surface area contributed by atoms with Crippen LogP contribution < -0.4 is 4.72 Å². The Labute approximate surface area is 90.9 Å². The molecule has 0 fully saturated rings. The number of rotatable bonds is 7. The van der Waals surface area contributed by atoms with Gasteiger partial charge in [-0.2, -0.15) is 0 Å². The van der Waals surface area contributed by atoms with Gasteiger partial charge in [0.2, 0.25) is 10.0 Å². The minimum Gasteiger partial charge on any atom is -0.481 e. The normalized spacial score (nSPS) is 14.1. The van der Waals surface area contributed by atoms with E-state index in [1.54, 1.807) is 0 Å². The predicted octanol–water partition coefficient (Wildman–Crippen LogP) is 0.673. The van der Waals surface area contributed by atoms with Gasteiger partial charge in [-0.15, -0.1) is 0 Å². The van der Waals surface area contributed by atoms with Crippen molar-refractivity contribution < 1.29 is 18.3 Å². The molecule has 6 heteroatoms. The van der Waals surface area contributed by atoms with Gasteiger partial charge in [-0.05, 0) is 18.3 Å². The molecular formula is C9H19NO4S. The highest BCUT2D eigenvalue weighted by Crippen LogP contribution is 2.14. The summed E-state index contributed by atoms with van der Waals surface area (Å²) in [5.41, 5.74) is 0. The van der Waals surface area contributed by atoms with Gasteiger partial charge in [0.1, 0.15) is 0 Å². The number of carboxylic acid groups (broad SMARTS) is 1. The van der Waals surface area contributed by atoms with Gasteiger partial charge in [-0.1, -0.05) is 13.8 Å². The van der Waals surface area contributed by atoms with Crippen LogP contribution in [-0.4, -0.2) is 32.3 Å². The molecule has 0 radical (unpaired) electrons. The van der Waals surface area contributed by atoms with Crippen molar-refractivity contribution >= 4 is 16.0 Å². The molecule has 0 aromatic rings. The first-order chi connectivity index (χ1) is 6.70. The van der Waals surface area contributed by atoms with E-state index in [1.807, 2.05) is 13.8 Å². The van der Waals surface area contributed by atoms with Gasteiger partial charge in [0, 0.05) is 13.0 Å². The maximum absolute atomic E-state index is 10.8. The fourth-order valence-electron chi connectivity index (χ4n) is 1.42. The lowest BCUT2D eigenvalue weighted by atomic mass is 9.94. The summed E-state index contributed by atoms with van der Waals surface area (Å²) in [6, 6.07) is 0. The molecule has 0 heterocycles. The molecule has 0 saturated carbocycles. The van der Waals surface area contributed by atoms with E-state index in [-0.39, 0.29) is 18.9 Å². The predicted molar refractivity (Wildman–Crippen MR) is 58.0 cm³/mol. The standard InChI is InChI=1S/C9H19NO4S/c1-7(2)4-8(5-9(11)12)6-10-15(3,13)14/h7-8,10H,4-6H2,1-3H3,(H,11,12). The molecular weight excluding hydrogens is 218 g/mol. The second-order valence-electron chi connectivity index (χ2n) is 4.21. The van der Waals surface area contributed by atoms with E-state index in [2.05, 4.69) is 4.72 Å². The Kier molecular flexibility index (Phi) is 5.82. The third-order valence-electron chi connectivity index (χ3n) is 1.90. The molecule has 90 valence electrons. The van der Waals surface area contributed by atoms with E-state index in [0.717, 1.165) is 6.26 Å². The molecule has 0 bridgehead atoms. The smallest absolute Gasteiger partial charge is 0.303 e. The van der Waals surface area contributed by atoms with Gasteiger partial charge < -0.3 is 5.11 Å². The highest BCUT2D eigenvalue weighted by molar-refractivity contribution is 7.88. The Balaban J connectivity index is 4.18. The monoisotopic (exact) mass is 237 g/mol. The number of aliphatic carboxylic acids is 1. The summed E-state index contributed by atoms with van der Waals surface area (Å²) in [6.07, 6.45) is 1.77. The highest BCUT2D eigenvalue weighted by Gasteiger charge is 2.16. The number of hydrogen-bond donors (Lipinski definition) is 2. The van der Waals surface area contributed by atoms with E-state index in [0.29, 0.717) is 12.3 Å². The SMILES string of the molecule is CC(C)CC(CNS(C)(=O)=O)CC(=O)O. The number of carboxylic acids is 1. The molecule has 0 rings (SSSR count). The fourth-order valence-corrected chi connectivity index (χ4v) is 1.96. The quantitative estimate of drug-likeness (QED) is 0.681. The third kappa shape index (κ3) is 9.68. The summed E-state index contributed by atoms with van der Waals surface area (Å²) in [5, 5.41) is 8.65. The van der Waals surface area contributed by atoms with Gasteiger partial charge >= 0.3 is 5.97 Å². The summed E-state index contributed by atoms with van der Waals surface area (Å²) in [4.78, 5) is 10.5. The van der Waals surface area contributed by atoms with Crippen LogP contribution in [0.25, 0.3) is 0 Å². The highest BCUT2D eigenvalue weighted by atomic mass is 32.2. The maximum atomic E-state index is 10.8. The molecule has 1 atom stereocenters. The van der Waals surface area contributed by atoms with Crippen molar-refractivity contribution in [2.45, 2.75) is 26.7 Å². The second-order valence-corrected chi connectivity index (χ2v) is 6.05. The van der Waals surface area contributed by atoms with Crippen LogP contribution in [0, 0.1) is 11.8 Å². The molecule has 0 amide bonds. The lowest BCUT2D eigenvalue weighted by Gasteiger charge is -2.16. The lowest BCUT2D eigenvalue weighted by molar-refractivity contribution is -0.138. The van der Waals surface area contributed by atoms with Crippen molar-refractivity contribution in [1.29, 1.82) is 0 Å². The van der Waals surface area contributed by atoms with Crippen molar-refractivity contribution in [2.24, 2.45) is 11.8 Å². The number of nitrogens with one attached hydrogen (secondary N) is 1. The van der Waals surface area contributed by atoms with Gasteiger partial charge in [0.05, 0.1) is 6.26 Å². The maximum Gasteiger partial charge on any atom is 0.303 e. The van der Waals surface area contributed by atoms with E-state index in [1.165, 1.54) is 0 Å². The minimum absolute atomic E-state index is 0.000694. The van der Waals surface area contributed by atoms with Crippen molar-refractivity contribution in [2.75, 3.05) is 12.8 Å². The zero-order valence-corrected chi connectivity index (χ0v) is 10.2. The number of carbonyl (C=O) groups is 1. The summed E-state index contributed by atoms with van der Waals surface area (Å²) < 4.78 is 24.0. The van der Waals surface area contributed by atoms with Crippen LogP contribution in [0.4, 0.5) is 0 Å². The Morgan fingerprint density at radius 3 is 2.27 bits per heavy atom. The molecule has 0 aliphatic carbocycles. The molecule has 0 aromatic heterocycles. The molecule has 0 saturated heterocycles. The first-order valence-electron chi connectivity index (χ1n) is 4.87. The average Bonchev–Trinajstić information content (AvgIpc) is 1.96. The van der Waals surface area contributed by atoms with Gasteiger partial charge in [0.25, 0.3) is 0 Å². The van der Waals surface area contributed by atoms with Crippen LogP contribution in [0.1, 0.15) is 26.7 Å². The van der Waals surface area contributed by atoms with Crippen LogP contribution >= 0.6 is 0 Å². The molecule has 5 nitrogen and oxygen atoms in total. The Morgan fingerprint density at radius 2 is 1.93 bits per heavy atom. The average molecular weight is 237 g/mol. The lowest BCUT2D eigenvalue weighted by Crippen LogP contribution is -2.30. The van der Waals surface area contributed by atoms with E-state index in [9.17, 15) is 13.2 Å². The Hall–Kier alpha value is -0.620. The topological polar surface area (TPSA) is 83.5 Å². The molecule has 0 aliphatic rings. The minimum atomic E-state index is -3.23. The Bertz CT molecular complexity index is 297. The summed E-state index contributed by atoms with van der Waals surface area (Å²) in [7, 11) is -3.23. The van der Waals surface area contributed by atoms with Gasteiger partial charge in [0.15, 0.2) is 0 Å². The molecule has 0 aliphatic heterocycles. The summed E-state index contributed by atoms with van der Waals surface area (Å²) in [6.45, 7) is 4.16. The van der Waals surface area contributed by atoms with Crippen LogP contribution in [0.3, 0.4) is 0 Å².